The summed E-state index contributed by atoms with van der Waals surface area (Å²) in [6.07, 6.45) is 3.54. The summed E-state index contributed by atoms with van der Waals surface area (Å²) in [6.45, 7) is 5.99. The van der Waals surface area contributed by atoms with E-state index in [2.05, 4.69) is 12.2 Å². The van der Waals surface area contributed by atoms with E-state index >= 15 is 0 Å². The first-order valence-corrected chi connectivity index (χ1v) is 7.08. The van der Waals surface area contributed by atoms with Crippen molar-refractivity contribution in [3.05, 3.63) is 0 Å². The fraction of sp³-hybridized carbons (Fsp3) is 0.857. The van der Waals surface area contributed by atoms with Gasteiger partial charge in [-0.2, -0.15) is 0 Å². The Morgan fingerprint density at radius 2 is 2.11 bits per heavy atom. The van der Waals surface area contributed by atoms with Gasteiger partial charge in [0.25, 0.3) is 0 Å². The van der Waals surface area contributed by atoms with Gasteiger partial charge in [-0.25, -0.2) is 0 Å². The molecule has 0 aromatic rings. The fourth-order valence-electron chi connectivity index (χ4n) is 2.82. The zero-order chi connectivity index (χ0) is 14.6. The van der Waals surface area contributed by atoms with Crippen molar-refractivity contribution in [3.8, 4) is 0 Å². The van der Waals surface area contributed by atoms with Crippen LogP contribution in [0.3, 0.4) is 0 Å². The summed E-state index contributed by atoms with van der Waals surface area (Å²) in [5.74, 6) is 0.219. The van der Waals surface area contributed by atoms with Crippen LogP contribution in [-0.2, 0) is 9.59 Å². The second kappa shape index (κ2) is 6.37. The molecule has 0 heterocycles. The summed E-state index contributed by atoms with van der Waals surface area (Å²) >= 11 is 0. The first-order chi connectivity index (χ1) is 8.74. The average molecular weight is 269 g/mol. The number of carbonyl (C=O) groups excluding carboxylic acids is 2. The Bertz CT molecular complexity index is 344. The van der Waals surface area contributed by atoms with E-state index in [9.17, 15) is 9.59 Å². The molecular formula is C14H27N3O2. The molecule has 19 heavy (non-hydrogen) atoms. The zero-order valence-electron chi connectivity index (χ0n) is 12.5. The summed E-state index contributed by atoms with van der Waals surface area (Å²) in [5, 5.41) is 2.78. The van der Waals surface area contributed by atoms with Gasteiger partial charge in [0.05, 0.1) is 12.1 Å². The van der Waals surface area contributed by atoms with Gasteiger partial charge in [0.15, 0.2) is 0 Å². The van der Waals surface area contributed by atoms with Crippen molar-refractivity contribution in [1.29, 1.82) is 0 Å². The molecule has 110 valence electrons. The van der Waals surface area contributed by atoms with E-state index in [1.54, 1.807) is 7.05 Å². The second-order valence-corrected chi connectivity index (χ2v) is 6.24. The molecule has 2 unspecified atom stereocenters. The van der Waals surface area contributed by atoms with Crippen LogP contribution >= 0.6 is 0 Å². The molecule has 5 nitrogen and oxygen atoms in total. The molecule has 2 amide bonds. The first-order valence-electron chi connectivity index (χ1n) is 7.08. The van der Waals surface area contributed by atoms with Crippen LogP contribution in [0.2, 0.25) is 0 Å². The Kier molecular flexibility index (Phi) is 5.35. The highest BCUT2D eigenvalue weighted by Gasteiger charge is 2.39. The molecule has 0 radical (unpaired) electrons. The molecular weight excluding hydrogens is 242 g/mol. The maximum Gasteiger partial charge on any atom is 0.242 e. The van der Waals surface area contributed by atoms with Crippen LogP contribution in [0.15, 0.2) is 0 Å². The first kappa shape index (κ1) is 16.0. The molecule has 1 rings (SSSR count). The lowest BCUT2D eigenvalue weighted by Gasteiger charge is -2.37. The topological polar surface area (TPSA) is 75.4 Å². The Hall–Kier alpha value is -1.10. The van der Waals surface area contributed by atoms with E-state index in [4.69, 9.17) is 5.73 Å². The molecule has 1 fully saturated rings. The number of carbonyl (C=O) groups is 2. The molecule has 0 aromatic carbocycles. The number of amides is 2. The summed E-state index contributed by atoms with van der Waals surface area (Å²) < 4.78 is 0. The smallest absolute Gasteiger partial charge is 0.242 e. The highest BCUT2D eigenvalue weighted by Crippen LogP contribution is 2.31. The number of nitrogens with zero attached hydrogens (tertiary/aromatic N) is 1. The monoisotopic (exact) mass is 269 g/mol. The average Bonchev–Trinajstić information content (AvgIpc) is 2.26. The van der Waals surface area contributed by atoms with Gasteiger partial charge in [0.2, 0.25) is 11.8 Å². The molecule has 0 aliphatic heterocycles. The predicted molar refractivity (Wildman–Crippen MR) is 75.5 cm³/mol. The van der Waals surface area contributed by atoms with Gasteiger partial charge in [-0.05, 0) is 32.6 Å². The zero-order valence-corrected chi connectivity index (χ0v) is 12.5. The van der Waals surface area contributed by atoms with Crippen LogP contribution < -0.4 is 11.1 Å². The van der Waals surface area contributed by atoms with Crippen molar-refractivity contribution >= 4 is 11.8 Å². The Labute approximate surface area is 115 Å². The molecule has 0 saturated heterocycles. The summed E-state index contributed by atoms with van der Waals surface area (Å²) in [6, 6.07) is 0.0811. The summed E-state index contributed by atoms with van der Waals surface area (Å²) in [4.78, 5) is 25.5. The highest BCUT2D eigenvalue weighted by molar-refractivity contribution is 5.90. The number of rotatable bonds is 4. The maximum atomic E-state index is 12.4. The summed E-state index contributed by atoms with van der Waals surface area (Å²) in [5.41, 5.74) is 5.46. The summed E-state index contributed by atoms with van der Waals surface area (Å²) in [7, 11) is 1.65. The number of hydrogen-bond donors (Lipinski definition) is 2. The van der Waals surface area contributed by atoms with E-state index in [0.29, 0.717) is 18.8 Å². The van der Waals surface area contributed by atoms with Crippen molar-refractivity contribution in [3.63, 3.8) is 0 Å². The second-order valence-electron chi connectivity index (χ2n) is 6.24. The number of hydrogen-bond acceptors (Lipinski definition) is 3. The standard InChI is InChI=1S/C14H27N3O2/c1-10(2)16-12(18)9-17(4)13(19)14(15)7-5-6-11(3)8-14/h10-11H,5-9,15H2,1-4H3,(H,16,18). The number of nitrogens with two attached hydrogens (primary N) is 1. The van der Waals surface area contributed by atoms with Gasteiger partial charge in [-0.1, -0.05) is 19.8 Å². The number of nitrogens with one attached hydrogen (secondary N) is 1. The van der Waals surface area contributed by atoms with Crippen molar-refractivity contribution < 1.29 is 9.59 Å². The normalized spacial score (nSPS) is 27.2. The molecule has 1 aliphatic carbocycles. The number of likely N-dealkylation sites (N-methyl/N-ethyl adjacent to an activating group) is 1. The van der Waals surface area contributed by atoms with Crippen LogP contribution in [0.1, 0.15) is 46.5 Å². The van der Waals surface area contributed by atoms with Gasteiger partial charge in [-0.3, -0.25) is 9.59 Å². The van der Waals surface area contributed by atoms with E-state index in [0.717, 1.165) is 12.8 Å². The Morgan fingerprint density at radius 3 is 2.63 bits per heavy atom. The van der Waals surface area contributed by atoms with Crippen molar-refractivity contribution in [2.45, 2.75) is 58.0 Å². The van der Waals surface area contributed by atoms with Crippen molar-refractivity contribution in [2.75, 3.05) is 13.6 Å². The molecule has 0 spiro atoms. The van der Waals surface area contributed by atoms with Crippen LogP contribution in [0.25, 0.3) is 0 Å². The lowest BCUT2D eigenvalue weighted by molar-refractivity contribution is -0.140. The van der Waals surface area contributed by atoms with Gasteiger partial charge in [-0.15, -0.1) is 0 Å². The SMILES string of the molecule is CC1CCCC(N)(C(=O)N(C)CC(=O)NC(C)C)C1. The Balaban J connectivity index is 2.58. The van der Waals surface area contributed by atoms with Gasteiger partial charge in [0, 0.05) is 13.1 Å². The minimum Gasteiger partial charge on any atom is -0.352 e. The minimum absolute atomic E-state index is 0.0738. The molecule has 0 bridgehead atoms. The molecule has 5 heteroatoms. The van der Waals surface area contributed by atoms with Gasteiger partial charge < -0.3 is 16.0 Å². The van der Waals surface area contributed by atoms with Crippen LogP contribution in [-0.4, -0.2) is 41.9 Å². The van der Waals surface area contributed by atoms with Crippen LogP contribution in [0, 0.1) is 5.92 Å². The largest absolute Gasteiger partial charge is 0.352 e. The van der Waals surface area contributed by atoms with Crippen molar-refractivity contribution in [2.24, 2.45) is 11.7 Å². The third kappa shape index (κ3) is 4.49. The van der Waals surface area contributed by atoms with Crippen molar-refractivity contribution in [1.82, 2.24) is 10.2 Å². The van der Waals surface area contributed by atoms with Gasteiger partial charge in [0.1, 0.15) is 0 Å². The molecule has 2 atom stereocenters. The molecule has 0 aromatic heterocycles. The predicted octanol–water partition coefficient (Wildman–Crippen LogP) is 0.877. The quantitative estimate of drug-likeness (QED) is 0.795. The van der Waals surface area contributed by atoms with Crippen LogP contribution in [0.5, 0.6) is 0 Å². The van der Waals surface area contributed by atoms with E-state index in [1.807, 2.05) is 13.8 Å². The minimum atomic E-state index is -0.787. The third-order valence-electron chi connectivity index (χ3n) is 3.64. The molecule has 3 N–H and O–H groups in total. The van der Waals surface area contributed by atoms with E-state index < -0.39 is 5.54 Å². The third-order valence-corrected chi connectivity index (χ3v) is 3.64. The van der Waals surface area contributed by atoms with Gasteiger partial charge >= 0.3 is 0 Å². The molecule has 1 aliphatic rings. The Morgan fingerprint density at radius 1 is 1.47 bits per heavy atom. The maximum absolute atomic E-state index is 12.4. The highest BCUT2D eigenvalue weighted by atomic mass is 16.2. The molecule has 1 saturated carbocycles. The lowest BCUT2D eigenvalue weighted by atomic mass is 9.76. The van der Waals surface area contributed by atoms with E-state index in [-0.39, 0.29) is 24.4 Å². The lowest BCUT2D eigenvalue weighted by Crippen LogP contribution is -2.57. The van der Waals surface area contributed by atoms with Crippen LogP contribution in [0.4, 0.5) is 0 Å². The fourth-order valence-corrected chi connectivity index (χ4v) is 2.82. The van der Waals surface area contributed by atoms with E-state index in [1.165, 1.54) is 4.90 Å².